The zero-order valence-electron chi connectivity index (χ0n) is 9.72. The van der Waals surface area contributed by atoms with Crippen LogP contribution in [0.15, 0.2) is 16.9 Å². The molecule has 2 heterocycles. The van der Waals surface area contributed by atoms with Gasteiger partial charge in [0.15, 0.2) is 6.10 Å². The highest BCUT2D eigenvalue weighted by Crippen LogP contribution is 2.23. The van der Waals surface area contributed by atoms with Gasteiger partial charge in [0.25, 0.3) is 0 Å². The number of alkyl halides is 3. The number of rotatable bonds is 3. The van der Waals surface area contributed by atoms with Crippen LogP contribution in [0.25, 0.3) is 11.6 Å². The first-order valence-electron chi connectivity index (χ1n) is 5.22. The number of aliphatic hydroxyl groups is 1. The summed E-state index contributed by atoms with van der Waals surface area (Å²) in [5, 5.41) is 12.3. The van der Waals surface area contributed by atoms with Crippen LogP contribution in [0.4, 0.5) is 13.2 Å². The van der Waals surface area contributed by atoms with E-state index in [-0.39, 0.29) is 17.5 Å². The van der Waals surface area contributed by atoms with Gasteiger partial charge in [-0.1, -0.05) is 5.16 Å². The van der Waals surface area contributed by atoms with Crippen molar-refractivity contribution in [1.29, 1.82) is 0 Å². The van der Waals surface area contributed by atoms with Gasteiger partial charge in [0.1, 0.15) is 0 Å². The van der Waals surface area contributed by atoms with Crippen LogP contribution in [0.2, 0.25) is 0 Å². The topological polar surface area (TPSA) is 84.9 Å². The van der Waals surface area contributed by atoms with Crippen molar-refractivity contribution in [3.05, 3.63) is 23.8 Å². The molecule has 0 radical (unpaired) electrons. The third kappa shape index (κ3) is 3.25. The van der Waals surface area contributed by atoms with E-state index in [0.29, 0.717) is 0 Å². The maximum Gasteiger partial charge on any atom is 0.414 e. The summed E-state index contributed by atoms with van der Waals surface area (Å²) in [6.45, 7) is 1.78. The lowest BCUT2D eigenvalue weighted by Crippen LogP contribution is -2.30. The van der Waals surface area contributed by atoms with Crippen molar-refractivity contribution in [1.82, 2.24) is 20.1 Å². The number of hydrogen-bond acceptors (Lipinski definition) is 6. The van der Waals surface area contributed by atoms with E-state index >= 15 is 0 Å². The standard InChI is InChI=1S/C10H9F3N4O2/c1-5-3-14-8(15-4-5)9-16-7(19-17-9)2-6(18)10(11,12)13/h3-4,6,18H,2H2,1H3. The molecular formula is C10H9F3N4O2. The van der Waals surface area contributed by atoms with Gasteiger partial charge in [0.2, 0.25) is 17.5 Å². The fraction of sp³-hybridized carbons (Fsp3) is 0.400. The molecular weight excluding hydrogens is 265 g/mol. The molecule has 0 aromatic carbocycles. The molecule has 1 N–H and O–H groups in total. The molecule has 0 bridgehead atoms. The van der Waals surface area contributed by atoms with Crippen molar-refractivity contribution >= 4 is 0 Å². The van der Waals surface area contributed by atoms with Gasteiger partial charge in [0.05, 0.1) is 6.42 Å². The maximum absolute atomic E-state index is 12.1. The van der Waals surface area contributed by atoms with Gasteiger partial charge in [0, 0.05) is 12.4 Å². The largest absolute Gasteiger partial charge is 0.414 e. The Bertz CT molecular complexity index is 553. The summed E-state index contributed by atoms with van der Waals surface area (Å²) in [5.74, 6) is -0.213. The molecule has 102 valence electrons. The minimum Gasteiger partial charge on any atom is -0.383 e. The molecule has 0 spiro atoms. The summed E-state index contributed by atoms with van der Waals surface area (Å²) < 4.78 is 41.0. The van der Waals surface area contributed by atoms with Crippen molar-refractivity contribution in [3.8, 4) is 11.6 Å². The minimum absolute atomic E-state index is 0.0237. The average Bonchev–Trinajstić information content (AvgIpc) is 2.77. The van der Waals surface area contributed by atoms with Crippen molar-refractivity contribution in [3.63, 3.8) is 0 Å². The van der Waals surface area contributed by atoms with Crippen LogP contribution < -0.4 is 0 Å². The normalized spacial score (nSPS) is 13.5. The average molecular weight is 274 g/mol. The lowest BCUT2D eigenvalue weighted by atomic mass is 10.2. The van der Waals surface area contributed by atoms with Crippen molar-refractivity contribution in [2.45, 2.75) is 25.6 Å². The molecule has 6 nitrogen and oxygen atoms in total. The smallest absolute Gasteiger partial charge is 0.383 e. The van der Waals surface area contributed by atoms with E-state index in [4.69, 9.17) is 5.11 Å². The molecule has 0 aliphatic rings. The van der Waals surface area contributed by atoms with Gasteiger partial charge in [-0.25, -0.2) is 9.97 Å². The summed E-state index contributed by atoms with van der Waals surface area (Å²) in [5.41, 5.74) is 0.819. The van der Waals surface area contributed by atoms with Crippen LogP contribution in [0, 0.1) is 6.92 Å². The number of halogens is 3. The first-order chi connectivity index (χ1) is 8.86. The van der Waals surface area contributed by atoms with E-state index < -0.39 is 18.7 Å². The first kappa shape index (κ1) is 13.4. The molecule has 19 heavy (non-hydrogen) atoms. The maximum atomic E-state index is 12.1. The van der Waals surface area contributed by atoms with Crippen molar-refractivity contribution < 1.29 is 22.8 Å². The fourth-order valence-corrected chi connectivity index (χ4v) is 1.22. The van der Waals surface area contributed by atoms with E-state index in [1.54, 1.807) is 6.92 Å². The number of nitrogens with zero attached hydrogens (tertiary/aromatic N) is 4. The molecule has 2 aromatic heterocycles. The number of aryl methyl sites for hydroxylation is 1. The Labute approximate surface area is 105 Å². The summed E-state index contributed by atoms with van der Waals surface area (Å²) in [6.07, 6.45) is -5.04. The van der Waals surface area contributed by atoms with Gasteiger partial charge in [-0.15, -0.1) is 0 Å². The Morgan fingerprint density at radius 2 is 1.89 bits per heavy atom. The van der Waals surface area contributed by atoms with E-state index in [0.717, 1.165) is 5.56 Å². The molecule has 0 aliphatic carbocycles. The van der Waals surface area contributed by atoms with Gasteiger partial charge >= 0.3 is 6.18 Å². The lowest BCUT2D eigenvalue weighted by molar-refractivity contribution is -0.204. The Kier molecular flexibility index (Phi) is 3.47. The zero-order valence-corrected chi connectivity index (χ0v) is 9.72. The van der Waals surface area contributed by atoms with Crippen LogP contribution >= 0.6 is 0 Å². The van der Waals surface area contributed by atoms with Crippen LogP contribution in [-0.2, 0) is 6.42 Å². The second kappa shape index (κ2) is 4.92. The predicted octanol–water partition coefficient (Wildman–Crippen LogP) is 1.30. The van der Waals surface area contributed by atoms with Gasteiger partial charge < -0.3 is 9.63 Å². The summed E-state index contributed by atoms with van der Waals surface area (Å²) >= 11 is 0. The molecule has 2 rings (SSSR count). The zero-order chi connectivity index (χ0) is 14.0. The van der Waals surface area contributed by atoms with Crippen LogP contribution in [0.5, 0.6) is 0 Å². The molecule has 0 fully saturated rings. The highest BCUT2D eigenvalue weighted by Gasteiger charge is 2.39. The second-order valence-corrected chi connectivity index (χ2v) is 3.86. The number of aromatic nitrogens is 4. The van der Waals surface area contributed by atoms with E-state index in [2.05, 4.69) is 24.6 Å². The summed E-state index contributed by atoms with van der Waals surface area (Å²) in [7, 11) is 0. The fourth-order valence-electron chi connectivity index (χ4n) is 1.22. The summed E-state index contributed by atoms with van der Waals surface area (Å²) in [6, 6.07) is 0. The monoisotopic (exact) mass is 274 g/mol. The Hall–Kier alpha value is -2.03. The van der Waals surface area contributed by atoms with Crippen LogP contribution in [0.3, 0.4) is 0 Å². The Morgan fingerprint density at radius 3 is 2.47 bits per heavy atom. The van der Waals surface area contributed by atoms with E-state index in [1.807, 2.05) is 0 Å². The van der Waals surface area contributed by atoms with Crippen LogP contribution in [-0.4, -0.2) is 37.5 Å². The highest BCUT2D eigenvalue weighted by atomic mass is 19.4. The van der Waals surface area contributed by atoms with E-state index in [1.165, 1.54) is 12.4 Å². The Balaban J connectivity index is 2.13. The summed E-state index contributed by atoms with van der Waals surface area (Å²) in [4.78, 5) is 11.5. The second-order valence-electron chi connectivity index (χ2n) is 3.86. The van der Waals surface area contributed by atoms with Crippen molar-refractivity contribution in [2.24, 2.45) is 0 Å². The molecule has 0 amide bonds. The molecule has 2 aromatic rings. The molecule has 0 aliphatic heterocycles. The van der Waals surface area contributed by atoms with Crippen molar-refractivity contribution in [2.75, 3.05) is 0 Å². The van der Waals surface area contributed by atoms with E-state index in [9.17, 15) is 13.2 Å². The van der Waals surface area contributed by atoms with Crippen LogP contribution in [0.1, 0.15) is 11.5 Å². The molecule has 9 heteroatoms. The first-order valence-corrected chi connectivity index (χ1v) is 5.22. The third-order valence-electron chi connectivity index (χ3n) is 2.19. The predicted molar refractivity (Wildman–Crippen MR) is 55.8 cm³/mol. The minimum atomic E-state index is -4.73. The molecule has 1 atom stereocenters. The van der Waals surface area contributed by atoms with Gasteiger partial charge in [-0.2, -0.15) is 18.2 Å². The number of aliphatic hydroxyl groups excluding tert-OH is 1. The number of hydrogen-bond donors (Lipinski definition) is 1. The molecule has 0 saturated heterocycles. The highest BCUT2D eigenvalue weighted by molar-refractivity contribution is 5.40. The third-order valence-corrected chi connectivity index (χ3v) is 2.19. The Morgan fingerprint density at radius 1 is 1.26 bits per heavy atom. The van der Waals surface area contributed by atoms with Gasteiger partial charge in [-0.3, -0.25) is 0 Å². The van der Waals surface area contributed by atoms with Gasteiger partial charge in [-0.05, 0) is 12.5 Å². The quantitative estimate of drug-likeness (QED) is 0.908. The SMILES string of the molecule is Cc1cnc(-c2noc(CC(O)C(F)(F)F)n2)nc1. The molecule has 1 unspecified atom stereocenters. The molecule has 0 saturated carbocycles. The lowest BCUT2D eigenvalue weighted by Gasteiger charge is -2.11.